The molecule has 0 aliphatic heterocycles. The molecule has 4 heteroatoms. The SMILES string of the molecule is Cc1ccc(OCC(=O)N(CCCN)Cc2ccccc2)cc1. The Labute approximate surface area is 137 Å². The van der Waals surface area contributed by atoms with E-state index in [1.165, 1.54) is 0 Å². The van der Waals surface area contributed by atoms with Crippen LogP contribution in [0, 0.1) is 6.92 Å². The first-order valence-electron chi connectivity index (χ1n) is 7.90. The van der Waals surface area contributed by atoms with Gasteiger partial charge in [0.25, 0.3) is 5.91 Å². The summed E-state index contributed by atoms with van der Waals surface area (Å²) in [5.74, 6) is 0.685. The summed E-state index contributed by atoms with van der Waals surface area (Å²) in [6.07, 6.45) is 0.781. The molecule has 2 N–H and O–H groups in total. The number of benzene rings is 2. The summed E-state index contributed by atoms with van der Waals surface area (Å²) in [4.78, 5) is 14.3. The van der Waals surface area contributed by atoms with Crippen molar-refractivity contribution < 1.29 is 9.53 Å². The zero-order chi connectivity index (χ0) is 16.5. The van der Waals surface area contributed by atoms with Crippen molar-refractivity contribution in [3.8, 4) is 5.75 Å². The van der Waals surface area contributed by atoms with Crippen molar-refractivity contribution in [2.45, 2.75) is 19.9 Å². The smallest absolute Gasteiger partial charge is 0.260 e. The summed E-state index contributed by atoms with van der Waals surface area (Å²) in [6.45, 7) is 3.85. The molecular weight excluding hydrogens is 288 g/mol. The predicted molar refractivity (Wildman–Crippen MR) is 92.2 cm³/mol. The average molecular weight is 312 g/mol. The summed E-state index contributed by atoms with van der Waals surface area (Å²) in [7, 11) is 0. The number of rotatable bonds is 8. The summed E-state index contributed by atoms with van der Waals surface area (Å²) in [5.41, 5.74) is 7.85. The highest BCUT2D eigenvalue weighted by Gasteiger charge is 2.14. The van der Waals surface area contributed by atoms with Gasteiger partial charge in [-0.1, -0.05) is 48.0 Å². The van der Waals surface area contributed by atoms with E-state index in [0.717, 1.165) is 17.5 Å². The van der Waals surface area contributed by atoms with E-state index in [1.54, 1.807) is 4.90 Å². The fraction of sp³-hybridized carbons (Fsp3) is 0.316. The normalized spacial score (nSPS) is 10.3. The van der Waals surface area contributed by atoms with Gasteiger partial charge in [0.2, 0.25) is 0 Å². The van der Waals surface area contributed by atoms with Gasteiger partial charge in [-0.3, -0.25) is 4.79 Å². The lowest BCUT2D eigenvalue weighted by Crippen LogP contribution is -2.36. The van der Waals surface area contributed by atoms with E-state index < -0.39 is 0 Å². The number of carbonyl (C=O) groups is 1. The highest BCUT2D eigenvalue weighted by molar-refractivity contribution is 5.77. The predicted octanol–water partition coefficient (Wildman–Crippen LogP) is 2.75. The Balaban J connectivity index is 1.94. The first-order chi connectivity index (χ1) is 11.2. The lowest BCUT2D eigenvalue weighted by atomic mass is 10.2. The first kappa shape index (κ1) is 17.0. The molecule has 0 atom stereocenters. The number of ether oxygens (including phenoxy) is 1. The molecule has 1 amide bonds. The van der Waals surface area contributed by atoms with Crippen LogP contribution < -0.4 is 10.5 Å². The van der Waals surface area contributed by atoms with Crippen LogP contribution in [-0.4, -0.2) is 30.5 Å². The van der Waals surface area contributed by atoms with Crippen LogP contribution in [-0.2, 0) is 11.3 Å². The van der Waals surface area contributed by atoms with E-state index in [2.05, 4.69) is 0 Å². The molecule has 0 saturated heterocycles. The van der Waals surface area contributed by atoms with Gasteiger partial charge in [0.1, 0.15) is 5.75 Å². The third-order valence-corrected chi connectivity index (χ3v) is 3.58. The van der Waals surface area contributed by atoms with Crippen molar-refractivity contribution in [1.29, 1.82) is 0 Å². The molecule has 0 bridgehead atoms. The number of hydrogen-bond acceptors (Lipinski definition) is 3. The Morgan fingerprint density at radius 1 is 1.09 bits per heavy atom. The summed E-state index contributed by atoms with van der Waals surface area (Å²) in [5, 5.41) is 0. The zero-order valence-electron chi connectivity index (χ0n) is 13.6. The van der Waals surface area contributed by atoms with Crippen LogP contribution in [0.5, 0.6) is 5.75 Å². The minimum Gasteiger partial charge on any atom is -0.484 e. The van der Waals surface area contributed by atoms with Crippen LogP contribution in [0.4, 0.5) is 0 Å². The monoisotopic (exact) mass is 312 g/mol. The second-order valence-corrected chi connectivity index (χ2v) is 5.54. The Kier molecular flexibility index (Phi) is 6.63. The topological polar surface area (TPSA) is 55.6 Å². The van der Waals surface area contributed by atoms with Crippen LogP contribution in [0.1, 0.15) is 17.5 Å². The molecule has 0 spiro atoms. The van der Waals surface area contributed by atoms with E-state index in [-0.39, 0.29) is 12.5 Å². The number of nitrogens with zero attached hydrogens (tertiary/aromatic N) is 1. The molecule has 0 unspecified atom stereocenters. The molecule has 0 heterocycles. The standard InChI is InChI=1S/C19H24N2O2/c1-16-8-10-18(11-9-16)23-15-19(22)21(13-5-12-20)14-17-6-3-2-4-7-17/h2-4,6-11H,5,12-15,20H2,1H3. The molecule has 2 rings (SSSR count). The fourth-order valence-electron chi connectivity index (χ4n) is 2.25. The molecule has 2 aromatic rings. The van der Waals surface area contributed by atoms with Crippen molar-refractivity contribution in [1.82, 2.24) is 4.90 Å². The maximum Gasteiger partial charge on any atom is 0.260 e. The van der Waals surface area contributed by atoms with Gasteiger partial charge >= 0.3 is 0 Å². The second-order valence-electron chi connectivity index (χ2n) is 5.54. The minimum atomic E-state index is -0.0251. The van der Waals surface area contributed by atoms with E-state index in [1.807, 2.05) is 61.5 Å². The second kappa shape index (κ2) is 8.96. The van der Waals surface area contributed by atoms with Gasteiger partial charge in [0.05, 0.1) is 0 Å². The van der Waals surface area contributed by atoms with E-state index >= 15 is 0 Å². The van der Waals surface area contributed by atoms with Gasteiger partial charge < -0.3 is 15.4 Å². The number of amides is 1. The van der Waals surface area contributed by atoms with Crippen molar-refractivity contribution in [2.24, 2.45) is 5.73 Å². The van der Waals surface area contributed by atoms with Crippen molar-refractivity contribution >= 4 is 5.91 Å². The first-order valence-corrected chi connectivity index (χ1v) is 7.90. The quantitative estimate of drug-likeness (QED) is 0.815. The average Bonchev–Trinajstić information content (AvgIpc) is 2.58. The molecule has 2 aromatic carbocycles. The van der Waals surface area contributed by atoms with Gasteiger partial charge in [-0.25, -0.2) is 0 Å². The fourth-order valence-corrected chi connectivity index (χ4v) is 2.25. The number of aryl methyl sites for hydroxylation is 1. The molecule has 0 aromatic heterocycles. The molecule has 0 saturated carbocycles. The van der Waals surface area contributed by atoms with Crippen molar-refractivity contribution in [3.63, 3.8) is 0 Å². The number of hydrogen-bond donors (Lipinski definition) is 1. The van der Waals surface area contributed by atoms with Gasteiger partial charge in [-0.15, -0.1) is 0 Å². The highest BCUT2D eigenvalue weighted by atomic mass is 16.5. The molecule has 4 nitrogen and oxygen atoms in total. The summed E-state index contributed by atoms with van der Waals surface area (Å²) < 4.78 is 5.60. The zero-order valence-corrected chi connectivity index (χ0v) is 13.6. The van der Waals surface area contributed by atoms with E-state index in [0.29, 0.717) is 25.4 Å². The third-order valence-electron chi connectivity index (χ3n) is 3.58. The van der Waals surface area contributed by atoms with Crippen LogP contribution >= 0.6 is 0 Å². The molecular formula is C19H24N2O2. The van der Waals surface area contributed by atoms with E-state index in [4.69, 9.17) is 10.5 Å². The van der Waals surface area contributed by atoms with Crippen LogP contribution in [0.2, 0.25) is 0 Å². The Morgan fingerprint density at radius 3 is 2.43 bits per heavy atom. The molecule has 122 valence electrons. The highest BCUT2D eigenvalue weighted by Crippen LogP contribution is 2.12. The largest absolute Gasteiger partial charge is 0.484 e. The molecule has 0 aliphatic carbocycles. The molecule has 0 fully saturated rings. The van der Waals surface area contributed by atoms with Crippen LogP contribution in [0.25, 0.3) is 0 Å². The van der Waals surface area contributed by atoms with Gasteiger partial charge in [-0.05, 0) is 37.6 Å². The molecule has 23 heavy (non-hydrogen) atoms. The maximum absolute atomic E-state index is 12.5. The Hall–Kier alpha value is -2.33. The molecule has 0 aliphatic rings. The van der Waals surface area contributed by atoms with Gasteiger partial charge in [-0.2, -0.15) is 0 Å². The lowest BCUT2D eigenvalue weighted by Gasteiger charge is -2.23. The third kappa shape index (κ3) is 5.75. The minimum absolute atomic E-state index is 0.0251. The van der Waals surface area contributed by atoms with E-state index in [9.17, 15) is 4.79 Å². The van der Waals surface area contributed by atoms with Crippen LogP contribution in [0.15, 0.2) is 54.6 Å². The number of nitrogens with two attached hydrogens (primary N) is 1. The van der Waals surface area contributed by atoms with Crippen molar-refractivity contribution in [3.05, 3.63) is 65.7 Å². The Bertz CT molecular complexity index is 597. The van der Waals surface area contributed by atoms with Gasteiger partial charge in [0.15, 0.2) is 6.61 Å². The summed E-state index contributed by atoms with van der Waals surface area (Å²) >= 11 is 0. The Morgan fingerprint density at radius 2 is 1.78 bits per heavy atom. The van der Waals surface area contributed by atoms with Crippen LogP contribution in [0.3, 0.4) is 0 Å². The summed E-state index contributed by atoms with van der Waals surface area (Å²) in [6, 6.07) is 17.6. The lowest BCUT2D eigenvalue weighted by molar-refractivity contribution is -0.134. The van der Waals surface area contributed by atoms with Crippen molar-refractivity contribution in [2.75, 3.05) is 19.7 Å². The number of carbonyl (C=O) groups excluding carboxylic acids is 1. The van der Waals surface area contributed by atoms with Gasteiger partial charge in [0, 0.05) is 13.1 Å². The molecule has 0 radical (unpaired) electrons. The maximum atomic E-state index is 12.5.